The average Bonchev–Trinajstić information content (AvgIpc) is 2.85. The minimum atomic E-state index is -1.20. The number of aliphatic hydroxyl groups is 1. The molecule has 0 saturated carbocycles. The van der Waals surface area contributed by atoms with Gasteiger partial charge in [0.1, 0.15) is 5.70 Å². The van der Waals surface area contributed by atoms with E-state index in [1.807, 2.05) is 6.07 Å². The summed E-state index contributed by atoms with van der Waals surface area (Å²) in [6, 6.07) is 1.57. The molecule has 1 saturated heterocycles. The van der Waals surface area contributed by atoms with Gasteiger partial charge in [-0.3, -0.25) is 9.59 Å². The standard InChI is InChI=1S/C17H24N4O5S/c1-9(22)12-13-10(4-7-20-11(23)3-6-19)15(27-8-2-5-18)14(17(25)26)21(13)16(12)24/h9-10,12-13,22H,2-4,6-8,19H2,1H3,(H,20,23)(H,25,26)/t9-,10-,12-,13-/m1/s1. The molecule has 0 unspecified atom stereocenters. The molecule has 0 aromatic rings. The van der Waals surface area contributed by atoms with Crippen LogP contribution in [0.5, 0.6) is 0 Å². The highest BCUT2D eigenvalue weighted by Gasteiger charge is 2.60. The smallest absolute Gasteiger partial charge is 0.353 e. The van der Waals surface area contributed by atoms with Crippen molar-refractivity contribution >= 4 is 29.5 Å². The van der Waals surface area contributed by atoms with Crippen molar-refractivity contribution in [3.8, 4) is 6.07 Å². The van der Waals surface area contributed by atoms with Crippen LogP contribution in [0.25, 0.3) is 0 Å². The van der Waals surface area contributed by atoms with E-state index in [-0.39, 0.29) is 36.9 Å². The summed E-state index contributed by atoms with van der Waals surface area (Å²) in [6.45, 7) is 2.06. The van der Waals surface area contributed by atoms with Crippen molar-refractivity contribution in [2.24, 2.45) is 17.6 Å². The minimum absolute atomic E-state index is 0.0666. The van der Waals surface area contributed by atoms with Crippen molar-refractivity contribution in [2.75, 3.05) is 18.8 Å². The molecule has 0 aromatic carbocycles. The number of rotatable bonds is 10. The van der Waals surface area contributed by atoms with Crippen molar-refractivity contribution < 1.29 is 24.6 Å². The van der Waals surface area contributed by atoms with E-state index in [4.69, 9.17) is 11.0 Å². The Labute approximate surface area is 161 Å². The van der Waals surface area contributed by atoms with Crippen LogP contribution in [-0.2, 0) is 14.4 Å². The fourth-order valence-corrected chi connectivity index (χ4v) is 4.85. The Morgan fingerprint density at radius 2 is 2.19 bits per heavy atom. The summed E-state index contributed by atoms with van der Waals surface area (Å²) in [5.41, 5.74) is 5.28. The molecule has 2 heterocycles. The predicted octanol–water partition coefficient (Wildman–Crippen LogP) is -0.378. The van der Waals surface area contributed by atoms with E-state index in [1.54, 1.807) is 0 Å². The third-order valence-electron chi connectivity index (χ3n) is 4.75. The maximum Gasteiger partial charge on any atom is 0.353 e. The van der Waals surface area contributed by atoms with Crippen molar-refractivity contribution in [2.45, 2.75) is 38.3 Å². The number of nitrogens with two attached hydrogens (primary N) is 1. The van der Waals surface area contributed by atoms with Gasteiger partial charge in [0, 0.05) is 42.5 Å². The normalized spacial score (nSPS) is 24.9. The Balaban J connectivity index is 2.23. The number of thioether (sulfide) groups is 1. The van der Waals surface area contributed by atoms with Crippen LogP contribution in [-0.4, -0.2) is 63.9 Å². The number of β-lactam (4-membered cyclic amide) rings is 1. The quantitative estimate of drug-likeness (QED) is 0.287. The summed E-state index contributed by atoms with van der Waals surface area (Å²) in [6.07, 6.45) is -0.0136. The van der Waals surface area contributed by atoms with Crippen molar-refractivity contribution in [3.63, 3.8) is 0 Å². The Kier molecular flexibility index (Phi) is 7.24. The first-order valence-corrected chi connectivity index (χ1v) is 9.78. The number of amides is 2. The van der Waals surface area contributed by atoms with E-state index in [0.717, 1.165) is 0 Å². The first-order valence-electron chi connectivity index (χ1n) is 8.80. The number of aliphatic hydroxyl groups excluding tert-OH is 1. The molecule has 2 aliphatic rings. The summed E-state index contributed by atoms with van der Waals surface area (Å²) in [7, 11) is 0. The lowest BCUT2D eigenvalue weighted by Gasteiger charge is -2.47. The Hall–Kier alpha value is -2.09. The molecule has 4 atom stereocenters. The summed E-state index contributed by atoms with van der Waals surface area (Å²) in [5.74, 6) is -2.36. The molecule has 0 radical (unpaired) electrons. The minimum Gasteiger partial charge on any atom is -0.477 e. The van der Waals surface area contributed by atoms with E-state index in [0.29, 0.717) is 23.6 Å². The van der Waals surface area contributed by atoms with Gasteiger partial charge in [-0.2, -0.15) is 5.26 Å². The van der Waals surface area contributed by atoms with Gasteiger partial charge in [0.15, 0.2) is 0 Å². The number of carbonyl (C=O) groups is 3. The number of nitrogens with one attached hydrogen (secondary N) is 1. The van der Waals surface area contributed by atoms with Gasteiger partial charge in [-0.1, -0.05) is 0 Å². The van der Waals surface area contributed by atoms with Crippen LogP contribution < -0.4 is 11.1 Å². The molecule has 0 aliphatic carbocycles. The second kappa shape index (κ2) is 9.21. The molecule has 2 aliphatic heterocycles. The van der Waals surface area contributed by atoms with E-state index in [9.17, 15) is 24.6 Å². The second-order valence-electron chi connectivity index (χ2n) is 6.52. The number of nitriles is 1. The van der Waals surface area contributed by atoms with Crippen molar-refractivity contribution in [1.29, 1.82) is 5.26 Å². The number of carboxylic acid groups (broad SMARTS) is 1. The molecule has 1 fully saturated rings. The van der Waals surface area contributed by atoms with E-state index in [2.05, 4.69) is 5.32 Å². The molecule has 27 heavy (non-hydrogen) atoms. The zero-order valence-corrected chi connectivity index (χ0v) is 15.9. The number of hydrogen-bond donors (Lipinski definition) is 4. The lowest BCUT2D eigenvalue weighted by Crippen LogP contribution is -2.64. The summed E-state index contributed by atoms with van der Waals surface area (Å²) < 4.78 is 0. The molecular formula is C17H24N4O5S. The third kappa shape index (κ3) is 4.26. The lowest BCUT2D eigenvalue weighted by molar-refractivity contribution is -0.163. The number of fused-ring (bicyclic) bond motifs is 1. The van der Waals surface area contributed by atoms with Gasteiger partial charge in [-0.05, 0) is 13.3 Å². The zero-order chi connectivity index (χ0) is 20.1. The number of carboxylic acids is 1. The molecule has 2 amide bonds. The van der Waals surface area contributed by atoms with E-state index in [1.165, 1.54) is 23.6 Å². The van der Waals surface area contributed by atoms with Gasteiger partial charge in [0.25, 0.3) is 0 Å². The molecule has 5 N–H and O–H groups in total. The van der Waals surface area contributed by atoms with E-state index < -0.39 is 29.9 Å². The lowest BCUT2D eigenvalue weighted by atomic mass is 9.77. The summed E-state index contributed by atoms with van der Waals surface area (Å²) in [5, 5.41) is 31.1. The molecule has 2 rings (SSSR count). The highest BCUT2D eigenvalue weighted by molar-refractivity contribution is 8.03. The number of carbonyl (C=O) groups excluding carboxylic acids is 2. The number of hydrogen-bond acceptors (Lipinski definition) is 7. The van der Waals surface area contributed by atoms with Gasteiger partial charge in [-0.25, -0.2) is 4.79 Å². The van der Waals surface area contributed by atoms with Gasteiger partial charge < -0.3 is 26.2 Å². The predicted molar refractivity (Wildman–Crippen MR) is 97.9 cm³/mol. The van der Waals surface area contributed by atoms with Crippen LogP contribution in [0.2, 0.25) is 0 Å². The van der Waals surface area contributed by atoms with E-state index >= 15 is 0 Å². The maximum absolute atomic E-state index is 12.4. The third-order valence-corrected chi connectivity index (χ3v) is 5.97. The number of aliphatic carboxylic acids is 1. The van der Waals surface area contributed by atoms with Gasteiger partial charge in [-0.15, -0.1) is 11.8 Å². The molecule has 148 valence electrons. The second-order valence-corrected chi connectivity index (χ2v) is 7.66. The van der Waals surface area contributed by atoms with Crippen LogP contribution >= 0.6 is 11.8 Å². The van der Waals surface area contributed by atoms with Crippen LogP contribution in [0.1, 0.15) is 26.2 Å². The van der Waals surface area contributed by atoms with Crippen LogP contribution in [0.4, 0.5) is 0 Å². The topological polar surface area (TPSA) is 157 Å². The molecule has 0 aromatic heterocycles. The fourth-order valence-electron chi connectivity index (χ4n) is 3.64. The fraction of sp³-hybridized carbons (Fsp3) is 0.647. The molecule has 0 bridgehead atoms. The summed E-state index contributed by atoms with van der Waals surface area (Å²) >= 11 is 1.25. The molecule has 0 spiro atoms. The van der Waals surface area contributed by atoms with Gasteiger partial charge >= 0.3 is 5.97 Å². The molecule has 10 heteroatoms. The Morgan fingerprint density at radius 3 is 2.74 bits per heavy atom. The van der Waals surface area contributed by atoms with Crippen LogP contribution in [0.15, 0.2) is 10.6 Å². The SMILES string of the molecule is C[C@@H](O)[C@H]1C(=O)N2C(C(=O)O)=C(SCCC#N)[C@H](CCNC(=O)CCN)[C@H]12. The molecular weight excluding hydrogens is 372 g/mol. The highest BCUT2D eigenvalue weighted by Crippen LogP contribution is 2.51. The first kappa shape index (κ1) is 21.2. The Bertz CT molecular complexity index is 687. The Morgan fingerprint density at radius 1 is 1.48 bits per heavy atom. The first-order chi connectivity index (χ1) is 12.8. The maximum atomic E-state index is 12.4. The largest absolute Gasteiger partial charge is 0.477 e. The van der Waals surface area contributed by atoms with Gasteiger partial charge in [0.2, 0.25) is 11.8 Å². The zero-order valence-electron chi connectivity index (χ0n) is 15.1. The van der Waals surface area contributed by atoms with Crippen LogP contribution in [0.3, 0.4) is 0 Å². The van der Waals surface area contributed by atoms with Crippen molar-refractivity contribution in [1.82, 2.24) is 10.2 Å². The average molecular weight is 396 g/mol. The monoisotopic (exact) mass is 396 g/mol. The van der Waals surface area contributed by atoms with Gasteiger partial charge in [0.05, 0.1) is 24.1 Å². The van der Waals surface area contributed by atoms with Crippen molar-refractivity contribution in [3.05, 3.63) is 10.6 Å². The number of nitrogens with zero attached hydrogens (tertiary/aromatic N) is 2. The highest BCUT2D eigenvalue weighted by atomic mass is 32.2. The summed E-state index contributed by atoms with van der Waals surface area (Å²) in [4.78, 5) is 37.6. The van der Waals surface area contributed by atoms with Crippen LogP contribution in [0, 0.1) is 23.2 Å². The molecule has 9 nitrogen and oxygen atoms in total.